The van der Waals surface area contributed by atoms with Crippen molar-refractivity contribution in [1.82, 2.24) is 14.7 Å². The molecule has 1 aromatic carbocycles. The summed E-state index contributed by atoms with van der Waals surface area (Å²) in [6.07, 6.45) is 1.97. The lowest BCUT2D eigenvalue weighted by molar-refractivity contribution is -0.133. The summed E-state index contributed by atoms with van der Waals surface area (Å²) in [5.74, 6) is -0.0415. The SMILES string of the molecule is Cc1nn(CC(=O)N2CCCC2c2cccs2)c(=O)c2ccccc12. The van der Waals surface area contributed by atoms with Crippen LogP contribution >= 0.6 is 11.3 Å². The molecule has 25 heavy (non-hydrogen) atoms. The van der Waals surface area contributed by atoms with Crippen LogP contribution in [0.25, 0.3) is 10.8 Å². The highest BCUT2D eigenvalue weighted by Crippen LogP contribution is 2.34. The minimum absolute atomic E-state index is 0.00756. The highest BCUT2D eigenvalue weighted by molar-refractivity contribution is 7.10. The van der Waals surface area contributed by atoms with E-state index in [-0.39, 0.29) is 24.1 Å². The van der Waals surface area contributed by atoms with Gasteiger partial charge in [-0.15, -0.1) is 11.3 Å². The third kappa shape index (κ3) is 2.87. The van der Waals surface area contributed by atoms with Crippen molar-refractivity contribution in [2.45, 2.75) is 32.4 Å². The van der Waals surface area contributed by atoms with E-state index in [2.05, 4.69) is 11.2 Å². The standard InChI is InChI=1S/C19H19N3O2S/c1-13-14-6-2-3-7-15(14)19(24)22(20-13)12-18(23)21-10-4-8-16(21)17-9-5-11-25-17/h2-3,5-7,9,11,16H,4,8,10,12H2,1H3. The Hall–Kier alpha value is -2.47. The quantitative estimate of drug-likeness (QED) is 0.727. The Morgan fingerprint density at radius 3 is 2.80 bits per heavy atom. The summed E-state index contributed by atoms with van der Waals surface area (Å²) in [5.41, 5.74) is 0.556. The number of benzene rings is 1. The van der Waals surface area contributed by atoms with E-state index in [9.17, 15) is 9.59 Å². The first-order valence-corrected chi connectivity index (χ1v) is 9.32. The molecular formula is C19H19N3O2S. The molecule has 5 nitrogen and oxygen atoms in total. The van der Waals surface area contributed by atoms with Crippen molar-refractivity contribution in [1.29, 1.82) is 0 Å². The number of carbonyl (C=O) groups excluding carboxylic acids is 1. The lowest BCUT2D eigenvalue weighted by Gasteiger charge is -2.24. The lowest BCUT2D eigenvalue weighted by atomic mass is 10.1. The van der Waals surface area contributed by atoms with Gasteiger partial charge in [-0.25, -0.2) is 4.68 Å². The van der Waals surface area contributed by atoms with E-state index < -0.39 is 0 Å². The van der Waals surface area contributed by atoms with Crippen molar-refractivity contribution in [2.75, 3.05) is 6.54 Å². The second kappa shape index (κ2) is 6.44. The summed E-state index contributed by atoms with van der Waals surface area (Å²) in [6.45, 7) is 2.60. The van der Waals surface area contributed by atoms with Gasteiger partial charge < -0.3 is 4.90 Å². The number of aromatic nitrogens is 2. The number of amides is 1. The van der Waals surface area contributed by atoms with Gasteiger partial charge in [0.25, 0.3) is 5.56 Å². The summed E-state index contributed by atoms with van der Waals surface area (Å²) in [4.78, 5) is 28.6. The van der Waals surface area contributed by atoms with Crippen molar-refractivity contribution < 1.29 is 4.79 Å². The zero-order valence-corrected chi connectivity index (χ0v) is 14.8. The van der Waals surface area contributed by atoms with E-state index in [4.69, 9.17) is 0 Å². The average Bonchev–Trinajstić information content (AvgIpc) is 3.30. The van der Waals surface area contributed by atoms with E-state index >= 15 is 0 Å². The Bertz CT molecular complexity index is 978. The van der Waals surface area contributed by atoms with Crippen LogP contribution in [0.2, 0.25) is 0 Å². The fraction of sp³-hybridized carbons (Fsp3) is 0.316. The minimum Gasteiger partial charge on any atom is -0.333 e. The van der Waals surface area contributed by atoms with E-state index in [1.165, 1.54) is 9.56 Å². The van der Waals surface area contributed by atoms with Crippen LogP contribution in [0.1, 0.15) is 29.5 Å². The Kier molecular flexibility index (Phi) is 4.13. The molecule has 1 atom stereocenters. The molecule has 2 aromatic heterocycles. The second-order valence-corrected chi connectivity index (χ2v) is 7.33. The molecule has 0 spiro atoms. The summed E-state index contributed by atoms with van der Waals surface area (Å²) in [6, 6.07) is 11.6. The molecule has 0 saturated carbocycles. The molecule has 0 bridgehead atoms. The molecule has 4 rings (SSSR count). The molecule has 1 fully saturated rings. The van der Waals surface area contributed by atoms with Gasteiger partial charge in [0, 0.05) is 16.8 Å². The van der Waals surface area contributed by atoms with Gasteiger partial charge in [0.15, 0.2) is 0 Å². The molecule has 1 aliphatic rings. The third-order valence-electron chi connectivity index (χ3n) is 4.78. The first kappa shape index (κ1) is 16.0. The summed E-state index contributed by atoms with van der Waals surface area (Å²) in [5, 5.41) is 7.85. The van der Waals surface area contributed by atoms with Crippen molar-refractivity contribution in [3.63, 3.8) is 0 Å². The van der Waals surface area contributed by atoms with Gasteiger partial charge in [0.2, 0.25) is 5.91 Å². The maximum Gasteiger partial charge on any atom is 0.275 e. The predicted octanol–water partition coefficient (Wildman–Crippen LogP) is 3.13. The van der Waals surface area contributed by atoms with Crippen LogP contribution in [-0.2, 0) is 11.3 Å². The topological polar surface area (TPSA) is 55.2 Å². The van der Waals surface area contributed by atoms with Crippen LogP contribution in [-0.4, -0.2) is 27.1 Å². The number of nitrogens with zero attached hydrogens (tertiary/aromatic N) is 3. The highest BCUT2D eigenvalue weighted by atomic mass is 32.1. The van der Waals surface area contributed by atoms with Crippen LogP contribution in [0.5, 0.6) is 0 Å². The second-order valence-electron chi connectivity index (χ2n) is 6.35. The molecule has 0 N–H and O–H groups in total. The summed E-state index contributed by atoms with van der Waals surface area (Å²) in [7, 11) is 0. The molecule has 1 saturated heterocycles. The molecule has 128 valence electrons. The molecule has 0 aliphatic carbocycles. The Morgan fingerprint density at radius 1 is 1.24 bits per heavy atom. The minimum atomic E-state index is -0.207. The van der Waals surface area contributed by atoms with E-state index in [0.29, 0.717) is 5.39 Å². The number of carbonyl (C=O) groups is 1. The maximum atomic E-state index is 12.9. The largest absolute Gasteiger partial charge is 0.333 e. The average molecular weight is 353 g/mol. The van der Waals surface area contributed by atoms with Gasteiger partial charge in [-0.05, 0) is 37.3 Å². The number of hydrogen-bond acceptors (Lipinski definition) is 4. The zero-order valence-electron chi connectivity index (χ0n) is 14.0. The van der Waals surface area contributed by atoms with Crippen LogP contribution in [0, 0.1) is 6.92 Å². The lowest BCUT2D eigenvalue weighted by Crippen LogP contribution is -2.37. The van der Waals surface area contributed by atoms with Gasteiger partial charge in [-0.1, -0.05) is 24.3 Å². The van der Waals surface area contributed by atoms with Crippen LogP contribution in [0.15, 0.2) is 46.6 Å². The number of hydrogen-bond donors (Lipinski definition) is 0. The first-order chi connectivity index (χ1) is 12.1. The molecule has 1 unspecified atom stereocenters. The molecule has 3 aromatic rings. The fourth-order valence-electron chi connectivity index (χ4n) is 3.57. The van der Waals surface area contributed by atoms with E-state index in [1.807, 2.05) is 41.5 Å². The molecule has 0 radical (unpaired) electrons. The van der Waals surface area contributed by atoms with Gasteiger partial charge in [0.05, 0.1) is 17.1 Å². The predicted molar refractivity (Wildman–Crippen MR) is 98.7 cm³/mol. The molecular weight excluding hydrogens is 334 g/mol. The van der Waals surface area contributed by atoms with Gasteiger partial charge in [-0.3, -0.25) is 9.59 Å². The smallest absolute Gasteiger partial charge is 0.275 e. The van der Waals surface area contributed by atoms with Crippen LogP contribution in [0.3, 0.4) is 0 Å². The van der Waals surface area contributed by atoms with Crippen LogP contribution in [0.4, 0.5) is 0 Å². The highest BCUT2D eigenvalue weighted by Gasteiger charge is 2.30. The Balaban J connectivity index is 1.64. The van der Waals surface area contributed by atoms with Gasteiger partial charge >= 0.3 is 0 Å². The fourth-order valence-corrected chi connectivity index (χ4v) is 4.45. The van der Waals surface area contributed by atoms with E-state index in [1.54, 1.807) is 17.4 Å². The Morgan fingerprint density at radius 2 is 2.04 bits per heavy atom. The molecule has 3 heterocycles. The van der Waals surface area contributed by atoms with Crippen molar-refractivity contribution in [3.05, 3.63) is 62.7 Å². The summed E-state index contributed by atoms with van der Waals surface area (Å²) < 4.78 is 1.31. The maximum absolute atomic E-state index is 12.9. The third-order valence-corrected chi connectivity index (χ3v) is 5.76. The van der Waals surface area contributed by atoms with E-state index in [0.717, 1.165) is 30.5 Å². The Labute approximate surface area is 149 Å². The van der Waals surface area contributed by atoms with Gasteiger partial charge in [0.1, 0.15) is 6.54 Å². The van der Waals surface area contributed by atoms with Crippen molar-refractivity contribution >= 4 is 28.0 Å². The first-order valence-electron chi connectivity index (χ1n) is 8.44. The zero-order chi connectivity index (χ0) is 17.4. The molecule has 6 heteroatoms. The summed E-state index contributed by atoms with van der Waals surface area (Å²) >= 11 is 1.68. The normalized spacial score (nSPS) is 17.3. The monoisotopic (exact) mass is 353 g/mol. The number of thiophene rings is 1. The van der Waals surface area contributed by atoms with Crippen LogP contribution < -0.4 is 5.56 Å². The molecule has 1 amide bonds. The number of fused-ring (bicyclic) bond motifs is 1. The number of likely N-dealkylation sites (tertiary alicyclic amines) is 1. The number of rotatable bonds is 3. The molecule has 1 aliphatic heterocycles. The van der Waals surface area contributed by atoms with Crippen molar-refractivity contribution in [3.8, 4) is 0 Å². The van der Waals surface area contributed by atoms with Crippen molar-refractivity contribution in [2.24, 2.45) is 0 Å². The van der Waals surface area contributed by atoms with Gasteiger partial charge in [-0.2, -0.15) is 5.10 Å². The number of aryl methyl sites for hydroxylation is 1.